The third kappa shape index (κ3) is 3.75. The van der Waals surface area contributed by atoms with Gasteiger partial charge in [-0.1, -0.05) is 55.8 Å². The van der Waals surface area contributed by atoms with Crippen molar-refractivity contribution in [2.24, 2.45) is 0 Å². The normalized spacial score (nSPS) is 12.6. The summed E-state index contributed by atoms with van der Waals surface area (Å²) in [5, 5.41) is 5.45. The smallest absolute Gasteiger partial charge is 0.262 e. The molecule has 0 fully saturated rings. The number of aryl methyl sites for hydroxylation is 1. The maximum atomic E-state index is 13.1. The molecule has 0 radical (unpaired) electrons. The Morgan fingerprint density at radius 1 is 1.07 bits per heavy atom. The molecule has 29 heavy (non-hydrogen) atoms. The summed E-state index contributed by atoms with van der Waals surface area (Å²) in [6, 6.07) is 18.0. The van der Waals surface area contributed by atoms with Gasteiger partial charge >= 0.3 is 0 Å². The average Bonchev–Trinajstić information content (AvgIpc) is 3.04. The topological polar surface area (TPSA) is 48.7 Å². The Kier molecular flexibility index (Phi) is 5.60. The second-order valence-corrected chi connectivity index (χ2v) is 7.89. The Bertz CT molecular complexity index is 1260. The average molecular weight is 409 g/mol. The first-order chi connectivity index (χ1) is 14.1. The van der Waals surface area contributed by atoms with E-state index in [1.807, 2.05) is 39.4 Å². The number of aromatic nitrogens is 4. The van der Waals surface area contributed by atoms with Crippen molar-refractivity contribution in [3.63, 3.8) is 0 Å². The van der Waals surface area contributed by atoms with Crippen molar-refractivity contribution in [2.75, 3.05) is 7.05 Å². The number of hydrogen-bond donors (Lipinski definition) is 1. The van der Waals surface area contributed by atoms with E-state index in [1.54, 1.807) is 4.57 Å². The summed E-state index contributed by atoms with van der Waals surface area (Å²) in [4.78, 5) is 14.4. The predicted octanol–water partition coefficient (Wildman–Crippen LogP) is 2.65. The Morgan fingerprint density at radius 3 is 2.55 bits per heavy atom. The van der Waals surface area contributed by atoms with Gasteiger partial charge in [0.2, 0.25) is 10.5 Å². The molecule has 4 rings (SSSR count). The van der Waals surface area contributed by atoms with Gasteiger partial charge in [0.15, 0.2) is 6.67 Å². The van der Waals surface area contributed by atoms with E-state index in [9.17, 15) is 4.79 Å². The number of nitrogens with one attached hydrogen (secondary N) is 1. The van der Waals surface area contributed by atoms with Crippen molar-refractivity contribution >= 4 is 28.9 Å². The minimum Gasteiger partial charge on any atom is -0.315 e. The fourth-order valence-electron chi connectivity index (χ4n) is 3.74. The van der Waals surface area contributed by atoms with E-state index in [4.69, 9.17) is 17.3 Å². The number of quaternary nitrogens is 1. The molecule has 0 aliphatic heterocycles. The standard InChI is InChI=1S/C22H25N5OS/c1-3-4-14-25-20(28)18-12-8-9-13-19(18)27-21(25)23-26(22(27)29)16-24(2)15-17-10-6-5-7-11-17/h5-13H,3-4,14-16H2,1-2H3/p+1. The molecule has 4 aromatic rings. The van der Waals surface area contributed by atoms with Crippen LogP contribution in [0.2, 0.25) is 0 Å². The number of fused-ring (bicyclic) bond motifs is 3. The lowest BCUT2D eigenvalue weighted by Crippen LogP contribution is -3.07. The van der Waals surface area contributed by atoms with E-state index in [0.717, 1.165) is 24.9 Å². The van der Waals surface area contributed by atoms with Gasteiger partial charge in [-0.05, 0) is 30.8 Å². The molecule has 0 saturated carbocycles. The SMILES string of the molecule is CCCCn1c(=O)c2ccccc2n2c(=S)n(C[NH+](C)Cc3ccccc3)nc12. The molecule has 0 aliphatic carbocycles. The summed E-state index contributed by atoms with van der Waals surface area (Å²) in [6.45, 7) is 4.27. The third-order valence-electron chi connectivity index (χ3n) is 5.19. The summed E-state index contributed by atoms with van der Waals surface area (Å²) in [7, 11) is 2.13. The molecule has 150 valence electrons. The molecule has 0 amide bonds. The van der Waals surface area contributed by atoms with E-state index in [2.05, 4.69) is 38.2 Å². The molecule has 1 atom stereocenters. The highest BCUT2D eigenvalue weighted by Crippen LogP contribution is 2.14. The van der Waals surface area contributed by atoms with Crippen LogP contribution in [0, 0.1) is 4.77 Å². The second kappa shape index (κ2) is 8.31. The van der Waals surface area contributed by atoms with E-state index >= 15 is 0 Å². The number of para-hydroxylation sites is 1. The van der Waals surface area contributed by atoms with Crippen LogP contribution in [0.3, 0.4) is 0 Å². The summed E-state index contributed by atoms with van der Waals surface area (Å²) in [5.41, 5.74) is 2.08. The highest BCUT2D eigenvalue weighted by Gasteiger charge is 2.17. The van der Waals surface area contributed by atoms with Crippen molar-refractivity contribution in [3.8, 4) is 0 Å². The molecule has 7 heteroatoms. The first kappa shape index (κ1) is 19.5. The molecule has 1 unspecified atom stereocenters. The Balaban J connectivity index is 1.80. The molecule has 2 heterocycles. The van der Waals surface area contributed by atoms with Crippen molar-refractivity contribution in [2.45, 2.75) is 39.5 Å². The fraction of sp³-hybridized carbons (Fsp3) is 0.318. The van der Waals surface area contributed by atoms with Crippen LogP contribution in [0.15, 0.2) is 59.4 Å². The van der Waals surface area contributed by atoms with Crippen molar-refractivity contribution in [1.82, 2.24) is 18.7 Å². The van der Waals surface area contributed by atoms with Crippen LogP contribution in [-0.4, -0.2) is 25.8 Å². The van der Waals surface area contributed by atoms with Crippen LogP contribution in [0.4, 0.5) is 0 Å². The molecule has 0 bridgehead atoms. The molecular formula is C22H26N5OS+. The lowest BCUT2D eigenvalue weighted by atomic mass is 10.2. The number of benzene rings is 2. The van der Waals surface area contributed by atoms with Gasteiger partial charge in [0, 0.05) is 12.1 Å². The van der Waals surface area contributed by atoms with Gasteiger partial charge in [-0.2, -0.15) is 4.68 Å². The summed E-state index contributed by atoms with van der Waals surface area (Å²) in [6.07, 6.45) is 1.93. The van der Waals surface area contributed by atoms with Crippen molar-refractivity contribution < 1.29 is 4.90 Å². The Morgan fingerprint density at radius 2 is 1.79 bits per heavy atom. The zero-order chi connectivity index (χ0) is 20.4. The van der Waals surface area contributed by atoms with Crippen LogP contribution < -0.4 is 10.5 Å². The molecule has 0 saturated heterocycles. The lowest BCUT2D eigenvalue weighted by Gasteiger charge is -2.13. The zero-order valence-electron chi connectivity index (χ0n) is 16.8. The van der Waals surface area contributed by atoms with Crippen LogP contribution >= 0.6 is 12.2 Å². The summed E-state index contributed by atoms with van der Waals surface area (Å²) < 4.78 is 6.17. The molecule has 0 spiro atoms. The molecule has 2 aromatic heterocycles. The monoisotopic (exact) mass is 408 g/mol. The molecule has 0 aliphatic rings. The fourth-order valence-corrected chi connectivity index (χ4v) is 4.03. The minimum absolute atomic E-state index is 0.00122. The first-order valence-electron chi connectivity index (χ1n) is 10.1. The Labute approximate surface area is 174 Å². The summed E-state index contributed by atoms with van der Waals surface area (Å²) >= 11 is 5.79. The van der Waals surface area contributed by atoms with Gasteiger partial charge in [-0.25, -0.2) is 0 Å². The number of nitrogens with zero attached hydrogens (tertiary/aromatic N) is 4. The van der Waals surface area contributed by atoms with E-state index < -0.39 is 0 Å². The van der Waals surface area contributed by atoms with Crippen LogP contribution in [-0.2, 0) is 19.8 Å². The van der Waals surface area contributed by atoms with Gasteiger partial charge in [-0.3, -0.25) is 13.8 Å². The number of rotatable bonds is 7. The largest absolute Gasteiger partial charge is 0.315 e. The van der Waals surface area contributed by atoms with Gasteiger partial charge in [0.1, 0.15) is 6.54 Å². The number of unbranched alkanes of at least 4 members (excludes halogenated alkanes) is 1. The van der Waals surface area contributed by atoms with Gasteiger partial charge in [0.25, 0.3) is 5.56 Å². The maximum Gasteiger partial charge on any atom is 0.262 e. The predicted molar refractivity (Wildman–Crippen MR) is 118 cm³/mol. The molecule has 6 nitrogen and oxygen atoms in total. The van der Waals surface area contributed by atoms with Crippen LogP contribution in [0.25, 0.3) is 16.7 Å². The quantitative estimate of drug-likeness (QED) is 0.478. The highest BCUT2D eigenvalue weighted by molar-refractivity contribution is 7.71. The summed E-state index contributed by atoms with van der Waals surface area (Å²) in [5.74, 6) is 0.625. The van der Waals surface area contributed by atoms with E-state index in [0.29, 0.717) is 29.1 Å². The minimum atomic E-state index is -0.00122. The highest BCUT2D eigenvalue weighted by atomic mass is 32.1. The molecule has 2 aromatic carbocycles. The van der Waals surface area contributed by atoms with Crippen molar-refractivity contribution in [3.05, 3.63) is 75.3 Å². The zero-order valence-corrected chi connectivity index (χ0v) is 17.7. The van der Waals surface area contributed by atoms with Gasteiger partial charge < -0.3 is 4.90 Å². The number of hydrogen-bond acceptors (Lipinski definition) is 3. The molecule has 1 N–H and O–H groups in total. The molecular weight excluding hydrogens is 382 g/mol. The van der Waals surface area contributed by atoms with Crippen molar-refractivity contribution in [1.29, 1.82) is 0 Å². The van der Waals surface area contributed by atoms with Crippen LogP contribution in [0.1, 0.15) is 25.3 Å². The maximum absolute atomic E-state index is 13.1. The van der Waals surface area contributed by atoms with E-state index in [-0.39, 0.29) is 5.56 Å². The first-order valence-corrected chi connectivity index (χ1v) is 10.5. The third-order valence-corrected chi connectivity index (χ3v) is 5.58. The van der Waals surface area contributed by atoms with Gasteiger partial charge in [-0.15, -0.1) is 5.10 Å². The lowest BCUT2D eigenvalue weighted by molar-refractivity contribution is -0.917. The Hall–Kier alpha value is -2.77. The van der Waals surface area contributed by atoms with Gasteiger partial charge in [0.05, 0.1) is 18.0 Å². The van der Waals surface area contributed by atoms with Crippen LogP contribution in [0.5, 0.6) is 0 Å². The van der Waals surface area contributed by atoms with E-state index in [1.165, 1.54) is 10.5 Å². The second-order valence-electron chi connectivity index (χ2n) is 7.52.